The van der Waals surface area contributed by atoms with Crippen LogP contribution in [0, 0.1) is 5.21 Å². The Kier molecular flexibility index (Phi) is 3.99. The number of carbonyl (C=O) groups is 1. The van der Waals surface area contributed by atoms with Crippen LogP contribution in [-0.4, -0.2) is 65.1 Å². The molecule has 2 aromatic rings. The summed E-state index contributed by atoms with van der Waals surface area (Å²) in [6.07, 6.45) is 2.26. The fourth-order valence-electron chi connectivity index (χ4n) is 3.48. The van der Waals surface area contributed by atoms with E-state index in [1.165, 1.54) is 12.3 Å². The minimum absolute atomic E-state index is 0.272. The second kappa shape index (κ2) is 6.15. The van der Waals surface area contributed by atoms with Gasteiger partial charge in [0.15, 0.2) is 6.20 Å². The van der Waals surface area contributed by atoms with Gasteiger partial charge in [-0.2, -0.15) is 8.69 Å². The number of hydrogen-bond donors (Lipinski definition) is 1. The van der Waals surface area contributed by atoms with Crippen molar-refractivity contribution in [3.05, 3.63) is 33.9 Å². The molecule has 128 valence electrons. The molecule has 0 aromatic carbocycles. The number of aromatic nitrogens is 2. The van der Waals surface area contributed by atoms with Gasteiger partial charge in [-0.15, -0.1) is 0 Å². The number of fused-ring (bicyclic) bond motifs is 1. The summed E-state index contributed by atoms with van der Waals surface area (Å²) in [5, 5.41) is 15.4. The molecule has 9 heteroatoms. The first-order chi connectivity index (χ1) is 11.6. The molecule has 1 amide bonds. The van der Waals surface area contributed by atoms with Crippen molar-refractivity contribution >= 4 is 27.8 Å². The van der Waals surface area contributed by atoms with Gasteiger partial charge in [0.25, 0.3) is 5.56 Å². The van der Waals surface area contributed by atoms with Gasteiger partial charge in [0, 0.05) is 62.9 Å². The summed E-state index contributed by atoms with van der Waals surface area (Å²) in [5.41, 5.74) is -0.407. The van der Waals surface area contributed by atoms with E-state index < -0.39 is 5.56 Å². The topological polar surface area (TPSA) is 84.5 Å². The Labute approximate surface area is 142 Å². The second-order valence-electron chi connectivity index (χ2n) is 6.20. The molecule has 1 N–H and O–H groups in total. The quantitative estimate of drug-likeness (QED) is 0.562. The summed E-state index contributed by atoms with van der Waals surface area (Å²) < 4.78 is 1.75. The highest BCUT2D eigenvalue weighted by Crippen LogP contribution is 2.19. The first-order valence-electron chi connectivity index (χ1n) is 8.13. The van der Waals surface area contributed by atoms with Gasteiger partial charge >= 0.3 is 10.9 Å². The lowest BCUT2D eigenvalue weighted by Crippen LogP contribution is -2.49. The first kappa shape index (κ1) is 15.6. The summed E-state index contributed by atoms with van der Waals surface area (Å²) in [4.78, 5) is 29.5. The zero-order valence-corrected chi connectivity index (χ0v) is 14.0. The molecule has 2 saturated heterocycles. The van der Waals surface area contributed by atoms with Gasteiger partial charge in [-0.25, -0.2) is 4.79 Å². The zero-order valence-electron chi connectivity index (χ0n) is 13.2. The van der Waals surface area contributed by atoms with Gasteiger partial charge in [0.1, 0.15) is 5.39 Å². The molecule has 4 rings (SSSR count). The summed E-state index contributed by atoms with van der Waals surface area (Å²) >= 11 is 0.922. The number of piperazine rings is 1. The van der Waals surface area contributed by atoms with E-state index in [0.29, 0.717) is 29.2 Å². The molecule has 0 aliphatic carbocycles. The van der Waals surface area contributed by atoms with E-state index >= 15 is 0 Å². The third kappa shape index (κ3) is 2.58. The van der Waals surface area contributed by atoms with Crippen LogP contribution in [-0.2, 0) is 0 Å². The summed E-state index contributed by atoms with van der Waals surface area (Å²) in [5.74, 6) is 0. The number of amides is 1. The van der Waals surface area contributed by atoms with Crippen molar-refractivity contribution in [3.63, 3.8) is 0 Å². The number of pyridine rings is 1. The molecule has 0 bridgehead atoms. The van der Waals surface area contributed by atoms with Gasteiger partial charge in [-0.1, -0.05) is 0 Å². The molecular formula is C15H19N5O3S. The summed E-state index contributed by atoms with van der Waals surface area (Å²) in [7, 11) is 0. The summed E-state index contributed by atoms with van der Waals surface area (Å²) in [6.45, 7) is 5.22. The Bertz CT molecular complexity index is 826. The smallest absolute Gasteiger partial charge is 0.341 e. The lowest BCUT2D eigenvalue weighted by atomic mass is 10.2. The number of hydrogen-bond acceptors (Lipinski definition) is 6. The third-order valence-electron chi connectivity index (χ3n) is 4.78. The molecule has 1 unspecified atom stereocenters. The number of nitrogens with zero attached hydrogens (tertiary/aromatic N) is 4. The molecule has 2 aliphatic rings. The van der Waals surface area contributed by atoms with Crippen LogP contribution < -0.4 is 15.6 Å². The van der Waals surface area contributed by atoms with Crippen LogP contribution >= 0.6 is 11.5 Å². The van der Waals surface area contributed by atoms with Gasteiger partial charge in [-0.3, -0.25) is 9.69 Å². The predicted molar refractivity (Wildman–Crippen MR) is 90.3 cm³/mol. The Hall–Kier alpha value is -1.97. The van der Waals surface area contributed by atoms with Crippen molar-refractivity contribution in [2.24, 2.45) is 0 Å². The van der Waals surface area contributed by atoms with Crippen molar-refractivity contribution in [1.29, 1.82) is 0 Å². The Balaban J connectivity index is 1.55. The molecule has 8 nitrogen and oxygen atoms in total. The van der Waals surface area contributed by atoms with E-state index in [0.717, 1.165) is 48.1 Å². The third-order valence-corrected chi connectivity index (χ3v) is 5.86. The van der Waals surface area contributed by atoms with Crippen molar-refractivity contribution in [1.82, 2.24) is 19.1 Å². The fourth-order valence-corrected chi connectivity index (χ4v) is 4.42. The van der Waals surface area contributed by atoms with E-state index in [1.807, 2.05) is 0 Å². The van der Waals surface area contributed by atoms with Crippen LogP contribution in [0.15, 0.2) is 23.1 Å². The van der Waals surface area contributed by atoms with Crippen molar-refractivity contribution < 1.29 is 9.52 Å². The van der Waals surface area contributed by atoms with Crippen molar-refractivity contribution in [3.8, 4) is 0 Å². The number of carbonyl (C=O) groups excluding carboxylic acids is 1. The van der Waals surface area contributed by atoms with E-state index in [9.17, 15) is 14.8 Å². The lowest BCUT2D eigenvalue weighted by molar-refractivity contribution is -0.574. The maximum absolute atomic E-state index is 12.7. The molecule has 0 saturated carbocycles. The molecule has 24 heavy (non-hydrogen) atoms. The molecule has 1 atom stereocenters. The average Bonchev–Trinajstić information content (AvgIpc) is 3.22. The monoisotopic (exact) mass is 349 g/mol. The number of rotatable bonds is 1. The highest BCUT2D eigenvalue weighted by atomic mass is 32.1. The largest absolute Gasteiger partial charge is 0.618 e. The van der Waals surface area contributed by atoms with E-state index in [1.54, 1.807) is 11.0 Å². The molecular weight excluding hydrogens is 330 g/mol. The second-order valence-corrected chi connectivity index (χ2v) is 7.14. The first-order valence-corrected chi connectivity index (χ1v) is 8.91. The standard InChI is InChI=1S/C15H19N5O3S/c21-13-12-2-1-6-19(23)14(12)24-20(13)15(22)18-7-3-11(10-18)17-8-4-16-5-9-17/h1-2,6,11,16H,3-5,7-10H2. The number of likely N-dealkylation sites (tertiary alicyclic amines) is 1. The molecule has 2 fully saturated rings. The lowest BCUT2D eigenvalue weighted by Gasteiger charge is -2.32. The molecule has 0 spiro atoms. The summed E-state index contributed by atoms with van der Waals surface area (Å²) in [6, 6.07) is 3.14. The number of nitrogens with one attached hydrogen (secondary N) is 1. The van der Waals surface area contributed by atoms with Gasteiger partial charge in [0.05, 0.1) is 0 Å². The highest BCUT2D eigenvalue weighted by molar-refractivity contribution is 7.13. The van der Waals surface area contributed by atoms with Crippen LogP contribution in [0.4, 0.5) is 4.79 Å². The maximum atomic E-state index is 12.7. The van der Waals surface area contributed by atoms with E-state index in [4.69, 9.17) is 0 Å². The van der Waals surface area contributed by atoms with Gasteiger partial charge in [0.2, 0.25) is 0 Å². The molecule has 2 aliphatic heterocycles. The van der Waals surface area contributed by atoms with Crippen LogP contribution in [0.2, 0.25) is 0 Å². The van der Waals surface area contributed by atoms with Crippen molar-refractivity contribution in [2.75, 3.05) is 39.3 Å². The SMILES string of the molecule is O=C(N1CCC(N2CCNCC2)C1)n1sc2c(ccc[n+]2[O-])c1=O. The van der Waals surface area contributed by atoms with Crippen LogP contribution in [0.1, 0.15) is 6.42 Å². The molecule has 2 aromatic heterocycles. The Morgan fingerprint density at radius 3 is 2.88 bits per heavy atom. The highest BCUT2D eigenvalue weighted by Gasteiger charge is 2.33. The maximum Gasteiger partial charge on any atom is 0.341 e. The fraction of sp³-hybridized carbons (Fsp3) is 0.533. The molecule has 0 radical (unpaired) electrons. The van der Waals surface area contributed by atoms with Crippen LogP contribution in [0.3, 0.4) is 0 Å². The normalized spacial score (nSPS) is 22.3. The van der Waals surface area contributed by atoms with Gasteiger partial charge < -0.3 is 15.4 Å². The van der Waals surface area contributed by atoms with Crippen LogP contribution in [0.25, 0.3) is 10.2 Å². The minimum Gasteiger partial charge on any atom is -0.618 e. The predicted octanol–water partition coefficient (Wildman–Crippen LogP) is -0.356. The minimum atomic E-state index is -0.407. The zero-order chi connectivity index (χ0) is 16.7. The van der Waals surface area contributed by atoms with Crippen LogP contribution in [0.5, 0.6) is 0 Å². The Morgan fingerprint density at radius 1 is 1.33 bits per heavy atom. The van der Waals surface area contributed by atoms with Gasteiger partial charge in [-0.05, 0) is 12.5 Å². The van der Waals surface area contributed by atoms with E-state index in [2.05, 4.69) is 10.2 Å². The van der Waals surface area contributed by atoms with Crippen molar-refractivity contribution in [2.45, 2.75) is 12.5 Å². The Morgan fingerprint density at radius 2 is 2.12 bits per heavy atom. The average molecular weight is 349 g/mol. The molecule has 4 heterocycles. The van der Waals surface area contributed by atoms with E-state index in [-0.39, 0.29) is 10.9 Å².